The molecule has 0 bridgehead atoms. The molecule has 0 spiro atoms. The lowest BCUT2D eigenvalue weighted by atomic mass is 10.1. The van der Waals surface area contributed by atoms with Crippen molar-refractivity contribution in [2.75, 3.05) is 11.9 Å². The molecule has 0 unspecified atom stereocenters. The first kappa shape index (κ1) is 21.5. The molecule has 27 heavy (non-hydrogen) atoms. The van der Waals surface area contributed by atoms with Crippen LogP contribution in [0.4, 0.5) is 5.69 Å². The summed E-state index contributed by atoms with van der Waals surface area (Å²) in [6.07, 6.45) is -0.937. The van der Waals surface area contributed by atoms with Gasteiger partial charge in [-0.3, -0.25) is 4.79 Å². The number of anilines is 1. The zero-order valence-electron chi connectivity index (χ0n) is 14.9. The number of hydrogen-bond donors (Lipinski definition) is 1. The van der Waals surface area contributed by atoms with E-state index in [4.69, 9.17) is 32.7 Å². The molecular weight excluding hydrogens is 457 g/mol. The third kappa shape index (κ3) is 6.13. The summed E-state index contributed by atoms with van der Waals surface area (Å²) in [5, 5.41) is 3.46. The molecular formula is C19H18BrCl2NO4. The summed E-state index contributed by atoms with van der Waals surface area (Å²) in [7, 11) is 0. The number of halogens is 3. The Bertz CT molecular complexity index is 873. The molecule has 2 aromatic carbocycles. The number of carbonyl (C=O) groups is 2. The van der Waals surface area contributed by atoms with E-state index in [0.717, 1.165) is 15.6 Å². The molecule has 0 heterocycles. The Labute approximate surface area is 176 Å². The molecule has 0 saturated heterocycles. The monoisotopic (exact) mass is 473 g/mol. The molecule has 5 nitrogen and oxygen atoms in total. The Morgan fingerprint density at radius 2 is 1.85 bits per heavy atom. The van der Waals surface area contributed by atoms with E-state index in [1.54, 1.807) is 12.1 Å². The van der Waals surface area contributed by atoms with E-state index in [1.165, 1.54) is 13.0 Å². The van der Waals surface area contributed by atoms with Gasteiger partial charge in [0.25, 0.3) is 5.91 Å². The minimum absolute atomic E-state index is 0.279. The maximum absolute atomic E-state index is 12.1. The van der Waals surface area contributed by atoms with Gasteiger partial charge in [0.1, 0.15) is 5.75 Å². The average Bonchev–Trinajstić information content (AvgIpc) is 2.59. The molecule has 0 radical (unpaired) electrons. The number of carbonyl (C=O) groups excluding carboxylic acids is 2. The zero-order chi connectivity index (χ0) is 20.1. The standard InChI is InChI=1S/C19H18BrCl2NO4/c1-10-7-16(11(2)6-14(10)20)23-18(24)9-26-19(25)12(3)27-17-5-4-13(21)8-15(17)22/h4-8,12H,9H2,1-3H3,(H,23,24)/t12-/m0/s1. The third-order valence-electron chi connectivity index (χ3n) is 3.65. The van der Waals surface area contributed by atoms with Crippen LogP contribution in [-0.4, -0.2) is 24.6 Å². The number of ether oxygens (including phenoxy) is 2. The number of amides is 1. The summed E-state index contributed by atoms with van der Waals surface area (Å²) in [6.45, 7) is 4.88. The Morgan fingerprint density at radius 1 is 1.15 bits per heavy atom. The van der Waals surface area contributed by atoms with Gasteiger partial charge in [-0.2, -0.15) is 0 Å². The van der Waals surface area contributed by atoms with E-state index in [0.29, 0.717) is 16.5 Å². The van der Waals surface area contributed by atoms with Gasteiger partial charge in [0.2, 0.25) is 0 Å². The highest BCUT2D eigenvalue weighted by Crippen LogP contribution is 2.28. The molecule has 1 N–H and O–H groups in total. The number of esters is 1. The molecule has 1 amide bonds. The van der Waals surface area contributed by atoms with Crippen molar-refractivity contribution < 1.29 is 19.1 Å². The quantitative estimate of drug-likeness (QED) is 0.575. The summed E-state index contributed by atoms with van der Waals surface area (Å²) < 4.78 is 11.4. The molecule has 144 valence electrons. The fourth-order valence-corrected chi connectivity index (χ4v) is 3.08. The van der Waals surface area contributed by atoms with Crippen molar-refractivity contribution in [1.29, 1.82) is 0 Å². The van der Waals surface area contributed by atoms with Crippen LogP contribution in [0.5, 0.6) is 5.75 Å². The molecule has 1 atom stereocenters. The maximum Gasteiger partial charge on any atom is 0.347 e. The highest BCUT2D eigenvalue weighted by molar-refractivity contribution is 9.10. The third-order valence-corrected chi connectivity index (χ3v) is 5.04. The van der Waals surface area contributed by atoms with Gasteiger partial charge in [-0.25, -0.2) is 4.79 Å². The van der Waals surface area contributed by atoms with Crippen LogP contribution < -0.4 is 10.1 Å². The molecule has 0 aliphatic rings. The predicted octanol–water partition coefficient (Wildman–Crippen LogP) is 5.32. The van der Waals surface area contributed by atoms with Gasteiger partial charge in [-0.15, -0.1) is 0 Å². The summed E-state index contributed by atoms with van der Waals surface area (Å²) >= 11 is 15.3. The molecule has 0 saturated carbocycles. The van der Waals surface area contributed by atoms with Crippen LogP contribution >= 0.6 is 39.1 Å². The smallest absolute Gasteiger partial charge is 0.347 e. The second-order valence-corrected chi connectivity index (χ2v) is 7.60. The number of benzene rings is 2. The van der Waals surface area contributed by atoms with E-state index in [1.807, 2.05) is 26.0 Å². The summed E-state index contributed by atoms with van der Waals surface area (Å²) in [6, 6.07) is 8.40. The zero-order valence-corrected chi connectivity index (χ0v) is 18.0. The number of rotatable bonds is 6. The van der Waals surface area contributed by atoms with Crippen molar-refractivity contribution in [2.24, 2.45) is 0 Å². The first-order chi connectivity index (χ1) is 12.7. The second-order valence-electron chi connectivity index (χ2n) is 5.91. The second kappa shape index (κ2) is 9.44. The van der Waals surface area contributed by atoms with Gasteiger partial charge in [0.05, 0.1) is 5.02 Å². The minimum atomic E-state index is -0.937. The van der Waals surface area contributed by atoms with E-state index in [2.05, 4.69) is 21.2 Å². The van der Waals surface area contributed by atoms with Crippen LogP contribution in [-0.2, 0) is 14.3 Å². The largest absolute Gasteiger partial charge is 0.477 e. The van der Waals surface area contributed by atoms with Gasteiger partial charge in [-0.05, 0) is 62.2 Å². The molecule has 2 rings (SSSR count). The SMILES string of the molecule is Cc1cc(NC(=O)COC(=O)[C@H](C)Oc2ccc(Cl)cc2Cl)c(C)cc1Br. The summed E-state index contributed by atoms with van der Waals surface area (Å²) in [5.74, 6) is -0.819. The van der Waals surface area contributed by atoms with E-state index in [-0.39, 0.29) is 5.02 Å². The molecule has 2 aromatic rings. The number of nitrogens with one attached hydrogen (secondary N) is 1. The topological polar surface area (TPSA) is 64.6 Å². The van der Waals surface area contributed by atoms with Crippen LogP contribution in [0, 0.1) is 13.8 Å². The average molecular weight is 475 g/mol. The maximum atomic E-state index is 12.1. The number of aryl methyl sites for hydroxylation is 2. The van der Waals surface area contributed by atoms with Crippen molar-refractivity contribution in [2.45, 2.75) is 26.9 Å². The predicted molar refractivity (Wildman–Crippen MR) is 110 cm³/mol. The van der Waals surface area contributed by atoms with Gasteiger partial charge in [0.15, 0.2) is 12.7 Å². The van der Waals surface area contributed by atoms with Gasteiger partial charge < -0.3 is 14.8 Å². The Hall–Kier alpha value is -1.76. The van der Waals surface area contributed by atoms with E-state index in [9.17, 15) is 9.59 Å². The molecule has 0 aliphatic carbocycles. The fraction of sp³-hybridized carbons (Fsp3) is 0.263. The highest BCUT2D eigenvalue weighted by Gasteiger charge is 2.19. The van der Waals surface area contributed by atoms with E-state index >= 15 is 0 Å². The summed E-state index contributed by atoms with van der Waals surface area (Å²) in [5.41, 5.74) is 2.53. The molecule has 0 fully saturated rings. The lowest BCUT2D eigenvalue weighted by Crippen LogP contribution is -2.30. The minimum Gasteiger partial charge on any atom is -0.477 e. The van der Waals surface area contributed by atoms with Crippen molar-refractivity contribution in [3.8, 4) is 5.75 Å². The van der Waals surface area contributed by atoms with Crippen LogP contribution in [0.2, 0.25) is 10.0 Å². The lowest BCUT2D eigenvalue weighted by molar-refractivity contribution is -0.153. The Morgan fingerprint density at radius 3 is 2.52 bits per heavy atom. The van der Waals surface area contributed by atoms with Crippen molar-refractivity contribution in [3.63, 3.8) is 0 Å². The Balaban J connectivity index is 1.89. The fourth-order valence-electron chi connectivity index (χ4n) is 2.17. The van der Waals surface area contributed by atoms with Crippen LogP contribution in [0.3, 0.4) is 0 Å². The summed E-state index contributed by atoms with van der Waals surface area (Å²) in [4.78, 5) is 24.1. The van der Waals surface area contributed by atoms with Gasteiger partial charge in [0, 0.05) is 15.2 Å². The van der Waals surface area contributed by atoms with Crippen LogP contribution in [0.15, 0.2) is 34.8 Å². The van der Waals surface area contributed by atoms with Crippen molar-refractivity contribution in [1.82, 2.24) is 0 Å². The van der Waals surface area contributed by atoms with Crippen molar-refractivity contribution in [3.05, 3.63) is 56.0 Å². The van der Waals surface area contributed by atoms with Crippen LogP contribution in [0.25, 0.3) is 0 Å². The van der Waals surface area contributed by atoms with Crippen LogP contribution in [0.1, 0.15) is 18.1 Å². The normalized spacial score (nSPS) is 11.6. The Kier molecular flexibility index (Phi) is 7.53. The first-order valence-corrected chi connectivity index (χ1v) is 9.57. The molecule has 8 heteroatoms. The lowest BCUT2D eigenvalue weighted by Gasteiger charge is -2.15. The van der Waals surface area contributed by atoms with E-state index < -0.39 is 24.6 Å². The molecule has 0 aliphatic heterocycles. The highest BCUT2D eigenvalue weighted by atomic mass is 79.9. The van der Waals surface area contributed by atoms with Gasteiger partial charge in [-0.1, -0.05) is 39.1 Å². The number of hydrogen-bond acceptors (Lipinski definition) is 4. The molecule has 0 aromatic heterocycles. The first-order valence-electron chi connectivity index (χ1n) is 8.02. The van der Waals surface area contributed by atoms with Gasteiger partial charge >= 0.3 is 5.97 Å². The van der Waals surface area contributed by atoms with Crippen molar-refractivity contribution >= 4 is 56.7 Å².